The molecule has 124 valence electrons. The summed E-state index contributed by atoms with van der Waals surface area (Å²) >= 11 is 0. The minimum Gasteiger partial charge on any atom is -0.467 e. The van der Waals surface area contributed by atoms with Crippen LogP contribution in [0.2, 0.25) is 0 Å². The Morgan fingerprint density at radius 1 is 1.30 bits per heavy atom. The van der Waals surface area contributed by atoms with Crippen molar-refractivity contribution in [1.29, 1.82) is 0 Å². The normalized spacial score (nSPS) is 11.3. The number of nitrogens with one attached hydrogen (secondary N) is 1. The van der Waals surface area contributed by atoms with Crippen LogP contribution in [0.25, 0.3) is 0 Å². The first-order valence-electron chi connectivity index (χ1n) is 6.49. The van der Waals surface area contributed by atoms with E-state index in [4.69, 9.17) is 4.42 Å². The number of hydrogen-bond acceptors (Lipinski definition) is 4. The van der Waals surface area contributed by atoms with Crippen molar-refractivity contribution < 1.29 is 26.4 Å². The first kappa shape index (κ1) is 16.9. The summed E-state index contributed by atoms with van der Waals surface area (Å²) < 4.78 is 56.0. The number of benzene rings is 1. The Labute approximate surface area is 131 Å². The summed E-state index contributed by atoms with van der Waals surface area (Å²) in [5.41, 5.74) is -0.401. The second kappa shape index (κ2) is 6.78. The zero-order valence-electron chi connectivity index (χ0n) is 12.1. The van der Waals surface area contributed by atoms with Gasteiger partial charge in [-0.1, -0.05) is 0 Å². The highest BCUT2D eigenvalue weighted by Crippen LogP contribution is 2.22. The summed E-state index contributed by atoms with van der Waals surface area (Å²) in [7, 11) is -3.93. The molecule has 0 bridgehead atoms. The lowest BCUT2D eigenvalue weighted by atomic mass is 10.3. The lowest BCUT2D eigenvalue weighted by molar-refractivity contribution is -0.119. The highest BCUT2D eigenvalue weighted by atomic mass is 32.2. The molecule has 0 spiro atoms. The molecule has 0 radical (unpaired) electrons. The van der Waals surface area contributed by atoms with Gasteiger partial charge in [-0.25, -0.2) is 17.2 Å². The van der Waals surface area contributed by atoms with Gasteiger partial charge in [-0.2, -0.15) is 0 Å². The van der Waals surface area contributed by atoms with Gasteiger partial charge in [0.2, 0.25) is 15.9 Å². The van der Waals surface area contributed by atoms with Crippen molar-refractivity contribution in [3.05, 3.63) is 54.0 Å². The van der Waals surface area contributed by atoms with Crippen LogP contribution in [0.3, 0.4) is 0 Å². The Morgan fingerprint density at radius 2 is 2.04 bits per heavy atom. The van der Waals surface area contributed by atoms with Crippen molar-refractivity contribution in [2.45, 2.75) is 6.54 Å². The van der Waals surface area contributed by atoms with E-state index in [-0.39, 0.29) is 6.54 Å². The zero-order chi connectivity index (χ0) is 17.0. The molecule has 0 aliphatic carbocycles. The average Bonchev–Trinajstić information content (AvgIpc) is 2.95. The van der Waals surface area contributed by atoms with E-state index in [0.29, 0.717) is 16.1 Å². The van der Waals surface area contributed by atoms with E-state index >= 15 is 0 Å². The molecular formula is C14H14F2N2O4S. The van der Waals surface area contributed by atoms with Gasteiger partial charge in [0.15, 0.2) is 0 Å². The number of carbonyl (C=O) groups excluding carboxylic acids is 1. The fraction of sp³-hybridized carbons (Fsp3) is 0.214. The fourth-order valence-corrected chi connectivity index (χ4v) is 2.71. The Hall–Kier alpha value is -2.42. The van der Waals surface area contributed by atoms with Crippen LogP contribution in [0, 0.1) is 11.6 Å². The molecule has 0 aliphatic rings. The number of halogens is 2. The van der Waals surface area contributed by atoms with E-state index in [2.05, 4.69) is 5.32 Å². The van der Waals surface area contributed by atoms with Crippen molar-refractivity contribution >= 4 is 21.6 Å². The molecule has 1 aromatic heterocycles. The minimum absolute atomic E-state index is 0.0648. The topological polar surface area (TPSA) is 79.6 Å². The van der Waals surface area contributed by atoms with E-state index in [0.717, 1.165) is 18.4 Å². The van der Waals surface area contributed by atoms with Gasteiger partial charge in [-0.15, -0.1) is 0 Å². The van der Waals surface area contributed by atoms with Crippen molar-refractivity contribution in [3.63, 3.8) is 0 Å². The van der Waals surface area contributed by atoms with Gasteiger partial charge in [-0.05, 0) is 24.3 Å². The second-order valence-electron chi connectivity index (χ2n) is 4.72. The fourth-order valence-electron chi connectivity index (χ4n) is 1.85. The monoisotopic (exact) mass is 344 g/mol. The summed E-state index contributed by atoms with van der Waals surface area (Å²) in [5, 5.41) is 2.45. The van der Waals surface area contributed by atoms with E-state index in [1.807, 2.05) is 0 Å². The molecule has 23 heavy (non-hydrogen) atoms. The van der Waals surface area contributed by atoms with Gasteiger partial charge in [0.25, 0.3) is 0 Å². The summed E-state index contributed by atoms with van der Waals surface area (Å²) in [6.45, 7) is -0.572. The molecule has 2 aromatic rings. The minimum atomic E-state index is -3.93. The maximum atomic E-state index is 13.8. The molecule has 1 N–H and O–H groups in total. The van der Waals surface area contributed by atoms with Gasteiger partial charge in [-0.3, -0.25) is 9.10 Å². The molecule has 0 saturated carbocycles. The largest absolute Gasteiger partial charge is 0.467 e. The Balaban J connectivity index is 2.14. The first-order valence-corrected chi connectivity index (χ1v) is 8.34. The summed E-state index contributed by atoms with van der Waals surface area (Å²) in [6, 6.07) is 5.70. The number of carbonyl (C=O) groups is 1. The maximum absolute atomic E-state index is 13.8. The number of anilines is 1. The third kappa shape index (κ3) is 4.52. The highest BCUT2D eigenvalue weighted by Gasteiger charge is 2.24. The lowest BCUT2D eigenvalue weighted by Gasteiger charge is -2.22. The van der Waals surface area contributed by atoms with Crippen molar-refractivity contribution in [2.24, 2.45) is 0 Å². The van der Waals surface area contributed by atoms with Crippen LogP contribution in [-0.4, -0.2) is 27.1 Å². The quantitative estimate of drug-likeness (QED) is 0.864. The van der Waals surface area contributed by atoms with Gasteiger partial charge in [0, 0.05) is 6.07 Å². The standard InChI is InChI=1S/C14H14F2N2O4S/c1-23(20,21)18(13-5-4-10(15)7-12(13)16)9-14(19)17-8-11-3-2-6-22-11/h2-7H,8-9H2,1H3,(H,17,19). The molecule has 0 fully saturated rings. The van der Waals surface area contributed by atoms with Crippen LogP contribution in [0.4, 0.5) is 14.5 Å². The van der Waals surface area contributed by atoms with Gasteiger partial charge in [0.1, 0.15) is 23.9 Å². The predicted octanol–water partition coefficient (Wildman–Crippen LogP) is 1.64. The molecule has 6 nitrogen and oxygen atoms in total. The Bertz CT molecular complexity index is 791. The summed E-state index contributed by atoms with van der Waals surface area (Å²) in [6.07, 6.45) is 2.26. The lowest BCUT2D eigenvalue weighted by Crippen LogP contribution is -2.40. The zero-order valence-corrected chi connectivity index (χ0v) is 12.9. The van der Waals surface area contributed by atoms with Gasteiger partial charge < -0.3 is 9.73 Å². The van der Waals surface area contributed by atoms with E-state index in [9.17, 15) is 22.0 Å². The van der Waals surface area contributed by atoms with Crippen LogP contribution in [0.1, 0.15) is 5.76 Å². The molecular weight excluding hydrogens is 330 g/mol. The Morgan fingerprint density at radius 3 is 2.61 bits per heavy atom. The third-order valence-corrected chi connectivity index (χ3v) is 4.03. The smallest absolute Gasteiger partial charge is 0.241 e. The average molecular weight is 344 g/mol. The number of furan rings is 1. The number of nitrogens with zero attached hydrogens (tertiary/aromatic N) is 1. The van der Waals surface area contributed by atoms with Crippen LogP contribution in [-0.2, 0) is 21.4 Å². The van der Waals surface area contributed by atoms with Crippen LogP contribution >= 0.6 is 0 Å². The van der Waals surface area contributed by atoms with Crippen molar-refractivity contribution in [3.8, 4) is 0 Å². The van der Waals surface area contributed by atoms with Crippen LogP contribution in [0.15, 0.2) is 41.0 Å². The maximum Gasteiger partial charge on any atom is 0.241 e. The molecule has 0 atom stereocenters. The number of rotatable bonds is 6. The van der Waals surface area contributed by atoms with Crippen LogP contribution in [0.5, 0.6) is 0 Å². The third-order valence-electron chi connectivity index (χ3n) is 2.91. The molecule has 1 aromatic carbocycles. The second-order valence-corrected chi connectivity index (χ2v) is 6.63. The highest BCUT2D eigenvalue weighted by molar-refractivity contribution is 7.92. The summed E-state index contributed by atoms with van der Waals surface area (Å²) in [5.74, 6) is -2.09. The molecule has 1 amide bonds. The van der Waals surface area contributed by atoms with Gasteiger partial charge >= 0.3 is 0 Å². The van der Waals surface area contributed by atoms with Gasteiger partial charge in [0.05, 0.1) is 24.8 Å². The summed E-state index contributed by atoms with van der Waals surface area (Å²) in [4.78, 5) is 11.9. The van der Waals surface area contributed by atoms with E-state index in [1.54, 1.807) is 12.1 Å². The first-order chi connectivity index (χ1) is 10.8. The number of sulfonamides is 1. The number of hydrogen-bond donors (Lipinski definition) is 1. The molecule has 9 heteroatoms. The van der Waals surface area contributed by atoms with Crippen molar-refractivity contribution in [2.75, 3.05) is 17.1 Å². The molecule has 1 heterocycles. The molecule has 2 rings (SSSR count). The SMILES string of the molecule is CS(=O)(=O)N(CC(=O)NCc1ccco1)c1ccc(F)cc1F. The van der Waals surface area contributed by atoms with Crippen molar-refractivity contribution in [1.82, 2.24) is 5.32 Å². The number of amides is 1. The molecule has 0 unspecified atom stereocenters. The van der Waals surface area contributed by atoms with Crippen LogP contribution < -0.4 is 9.62 Å². The molecule has 0 saturated heterocycles. The predicted molar refractivity (Wildman–Crippen MR) is 79.1 cm³/mol. The molecule has 0 aliphatic heterocycles. The van der Waals surface area contributed by atoms with E-state index in [1.165, 1.54) is 6.26 Å². The Kier molecular flexibility index (Phi) is 4.99. The van der Waals surface area contributed by atoms with E-state index < -0.39 is 39.8 Å².